The number of unbranched alkanes of at least 4 members (excludes halogenated alkanes) is 2. The highest BCUT2D eigenvalue weighted by Crippen LogP contribution is 2.42. The number of amides is 1. The summed E-state index contributed by atoms with van der Waals surface area (Å²) in [4.78, 5) is 33.4. The lowest BCUT2D eigenvalue weighted by molar-refractivity contribution is -0.139. The van der Waals surface area contributed by atoms with Crippen LogP contribution in [-0.2, 0) is 9.59 Å². The lowest BCUT2D eigenvalue weighted by Crippen LogP contribution is -2.32. The van der Waals surface area contributed by atoms with Gasteiger partial charge >= 0.3 is 0 Å². The van der Waals surface area contributed by atoms with Crippen molar-refractivity contribution in [1.29, 1.82) is 0 Å². The predicted molar refractivity (Wildman–Crippen MR) is 142 cm³/mol. The first kappa shape index (κ1) is 25.5. The van der Waals surface area contributed by atoms with Crippen LogP contribution >= 0.6 is 0 Å². The van der Waals surface area contributed by atoms with Crippen molar-refractivity contribution in [2.24, 2.45) is 0 Å². The van der Waals surface area contributed by atoms with E-state index in [1.54, 1.807) is 29.2 Å². The van der Waals surface area contributed by atoms with Gasteiger partial charge in [0.15, 0.2) is 0 Å². The van der Waals surface area contributed by atoms with Gasteiger partial charge in [-0.05, 0) is 63.8 Å². The molecule has 0 aliphatic carbocycles. The summed E-state index contributed by atoms with van der Waals surface area (Å²) in [6.45, 7) is 3.97. The number of carbonyl (C=O) groups is 2. The van der Waals surface area contributed by atoms with Gasteiger partial charge in [-0.3, -0.25) is 9.59 Å². The van der Waals surface area contributed by atoms with Crippen LogP contribution in [-0.4, -0.2) is 65.4 Å². The summed E-state index contributed by atoms with van der Waals surface area (Å²) in [6.07, 6.45) is 5.77. The van der Waals surface area contributed by atoms with E-state index in [9.17, 15) is 14.7 Å². The predicted octanol–water partition coefficient (Wildman–Crippen LogP) is 5.11. The van der Waals surface area contributed by atoms with Crippen LogP contribution in [0.1, 0.15) is 49.8 Å². The number of ether oxygens (including phenoxy) is 1. The number of aromatic nitrogens is 1. The number of hydrogen-bond donors (Lipinski definition) is 2. The second-order valence-corrected chi connectivity index (χ2v) is 9.52. The summed E-state index contributed by atoms with van der Waals surface area (Å²) in [7, 11) is 3.95. The van der Waals surface area contributed by atoms with Crippen LogP contribution in [0.4, 0.5) is 0 Å². The van der Waals surface area contributed by atoms with Gasteiger partial charge in [-0.1, -0.05) is 38.0 Å². The Labute approximate surface area is 212 Å². The number of Topliss-reactive ketones (excluding diaryl/α,β-unsaturated/α-hetero) is 1. The topological polar surface area (TPSA) is 85.9 Å². The van der Waals surface area contributed by atoms with Crippen LogP contribution in [0, 0.1) is 0 Å². The monoisotopic (exact) mass is 489 g/mol. The lowest BCUT2D eigenvalue weighted by Gasteiger charge is -2.25. The Morgan fingerprint density at radius 2 is 1.81 bits per heavy atom. The van der Waals surface area contributed by atoms with E-state index < -0.39 is 17.7 Å². The second-order valence-electron chi connectivity index (χ2n) is 9.52. The third-order valence-corrected chi connectivity index (χ3v) is 6.60. The number of benzene rings is 2. The fraction of sp³-hybridized carbons (Fsp3) is 0.379. The first-order valence-corrected chi connectivity index (χ1v) is 12.6. The number of fused-ring (bicyclic) bond motifs is 1. The highest BCUT2D eigenvalue weighted by atomic mass is 16.5. The molecular weight excluding hydrogens is 454 g/mol. The molecule has 190 valence electrons. The molecule has 1 fully saturated rings. The number of nitrogens with one attached hydrogen (secondary N) is 1. The van der Waals surface area contributed by atoms with Gasteiger partial charge in [0.25, 0.3) is 11.7 Å². The van der Waals surface area contributed by atoms with Gasteiger partial charge in [0.05, 0.1) is 18.2 Å². The average Bonchev–Trinajstić information content (AvgIpc) is 3.40. The summed E-state index contributed by atoms with van der Waals surface area (Å²) < 4.78 is 5.78. The number of aromatic amines is 1. The minimum Gasteiger partial charge on any atom is -0.507 e. The zero-order valence-electron chi connectivity index (χ0n) is 21.3. The molecule has 1 unspecified atom stereocenters. The van der Waals surface area contributed by atoms with Crippen molar-refractivity contribution in [3.05, 3.63) is 71.4 Å². The second kappa shape index (κ2) is 11.4. The Morgan fingerprint density at radius 3 is 2.53 bits per heavy atom. The van der Waals surface area contributed by atoms with Crippen LogP contribution in [0.3, 0.4) is 0 Å². The van der Waals surface area contributed by atoms with Crippen molar-refractivity contribution in [3.8, 4) is 5.75 Å². The number of nitrogens with zero attached hydrogens (tertiary/aromatic N) is 2. The number of para-hydroxylation sites is 1. The molecular formula is C29H35N3O4. The molecule has 1 atom stereocenters. The molecule has 36 heavy (non-hydrogen) atoms. The molecule has 2 N–H and O–H groups in total. The number of rotatable bonds is 11. The van der Waals surface area contributed by atoms with Gasteiger partial charge in [0, 0.05) is 34.8 Å². The molecule has 7 nitrogen and oxygen atoms in total. The minimum atomic E-state index is -0.673. The molecule has 3 aromatic rings. The zero-order chi connectivity index (χ0) is 25.7. The highest BCUT2D eigenvalue weighted by molar-refractivity contribution is 6.46. The van der Waals surface area contributed by atoms with Crippen LogP contribution < -0.4 is 4.74 Å². The molecule has 1 aliphatic rings. The molecule has 0 spiro atoms. The number of likely N-dealkylation sites (tertiary alicyclic amines) is 1. The number of hydrogen-bond acceptors (Lipinski definition) is 5. The summed E-state index contributed by atoms with van der Waals surface area (Å²) in [5.41, 5.74) is 2.31. The molecule has 0 saturated carbocycles. The van der Waals surface area contributed by atoms with E-state index in [1.165, 1.54) is 0 Å². The van der Waals surface area contributed by atoms with Gasteiger partial charge in [-0.2, -0.15) is 0 Å². The van der Waals surface area contributed by atoms with Crippen LogP contribution in [0.5, 0.6) is 5.75 Å². The molecule has 1 aliphatic heterocycles. The van der Waals surface area contributed by atoms with E-state index >= 15 is 0 Å². The lowest BCUT2D eigenvalue weighted by atomic mass is 9.95. The first-order chi connectivity index (χ1) is 17.4. The Balaban J connectivity index is 1.71. The number of H-pyrrole nitrogens is 1. The number of ketones is 1. The normalized spacial score (nSPS) is 17.4. The highest BCUT2D eigenvalue weighted by Gasteiger charge is 2.46. The Hall–Kier alpha value is -3.58. The fourth-order valence-corrected chi connectivity index (χ4v) is 4.72. The standard InChI is InChI=1S/C29H35N3O4/c1-4-5-8-18-36-21-14-12-20(13-15-21)27(33)25-26(23-19-30-24-11-7-6-10-22(23)24)32(29(35)28(25)34)17-9-16-31(2)3/h6-7,10-15,19,26,30,33H,4-5,8-9,16-18H2,1-3H3/b27-25+. The average molecular weight is 490 g/mol. The minimum absolute atomic E-state index is 0.117. The molecule has 2 heterocycles. The van der Waals surface area contributed by atoms with Crippen molar-refractivity contribution in [3.63, 3.8) is 0 Å². The Bertz CT molecular complexity index is 1240. The Kier molecular flexibility index (Phi) is 8.10. The third kappa shape index (κ3) is 5.31. The van der Waals surface area contributed by atoms with Gasteiger partial charge in [0.1, 0.15) is 11.5 Å². The molecule has 2 aromatic carbocycles. The smallest absolute Gasteiger partial charge is 0.295 e. The largest absolute Gasteiger partial charge is 0.507 e. The number of aliphatic hydroxyl groups excluding tert-OH is 1. The van der Waals surface area contributed by atoms with Gasteiger partial charge in [-0.15, -0.1) is 0 Å². The number of carbonyl (C=O) groups excluding carboxylic acids is 2. The van der Waals surface area contributed by atoms with Crippen LogP contribution in [0.25, 0.3) is 16.7 Å². The van der Waals surface area contributed by atoms with Crippen molar-refractivity contribution in [2.75, 3.05) is 33.8 Å². The van der Waals surface area contributed by atoms with E-state index in [-0.39, 0.29) is 11.3 Å². The summed E-state index contributed by atoms with van der Waals surface area (Å²) >= 11 is 0. The maximum atomic E-state index is 13.3. The van der Waals surface area contributed by atoms with E-state index in [2.05, 4.69) is 11.9 Å². The fourth-order valence-electron chi connectivity index (χ4n) is 4.72. The van der Waals surface area contributed by atoms with Gasteiger partial charge in [0.2, 0.25) is 0 Å². The maximum Gasteiger partial charge on any atom is 0.295 e. The summed E-state index contributed by atoms with van der Waals surface area (Å²) in [5, 5.41) is 12.3. The van der Waals surface area contributed by atoms with E-state index in [0.29, 0.717) is 30.9 Å². The molecule has 0 bridgehead atoms. The summed E-state index contributed by atoms with van der Waals surface area (Å²) in [5.74, 6) is -0.703. The molecule has 7 heteroatoms. The molecule has 0 radical (unpaired) electrons. The molecule has 1 saturated heterocycles. The van der Waals surface area contributed by atoms with E-state index in [0.717, 1.165) is 42.3 Å². The maximum absolute atomic E-state index is 13.3. The molecule has 4 rings (SSSR count). The van der Waals surface area contributed by atoms with Crippen molar-refractivity contribution in [2.45, 2.75) is 38.6 Å². The molecule has 1 aromatic heterocycles. The molecule has 1 amide bonds. The van der Waals surface area contributed by atoms with Crippen molar-refractivity contribution in [1.82, 2.24) is 14.8 Å². The van der Waals surface area contributed by atoms with Gasteiger partial charge in [-0.25, -0.2) is 0 Å². The van der Waals surface area contributed by atoms with Crippen LogP contribution in [0.2, 0.25) is 0 Å². The van der Waals surface area contributed by atoms with E-state index in [1.807, 2.05) is 49.5 Å². The third-order valence-electron chi connectivity index (χ3n) is 6.60. The van der Waals surface area contributed by atoms with E-state index in [4.69, 9.17) is 4.74 Å². The zero-order valence-corrected chi connectivity index (χ0v) is 21.3. The number of aliphatic hydroxyl groups is 1. The van der Waals surface area contributed by atoms with Gasteiger partial charge < -0.3 is 24.6 Å². The SMILES string of the molecule is CCCCCOc1ccc(/C(O)=C2\C(=O)C(=O)N(CCCN(C)C)C2c2c[nH]c3ccccc23)cc1. The van der Waals surface area contributed by atoms with Crippen molar-refractivity contribution >= 4 is 28.4 Å². The summed E-state index contributed by atoms with van der Waals surface area (Å²) in [6, 6.07) is 14.1. The quantitative estimate of drug-likeness (QED) is 0.169. The Morgan fingerprint density at radius 1 is 1.06 bits per heavy atom. The first-order valence-electron chi connectivity index (χ1n) is 12.6. The van der Waals surface area contributed by atoms with Crippen molar-refractivity contribution < 1.29 is 19.4 Å². The van der Waals surface area contributed by atoms with Crippen LogP contribution in [0.15, 0.2) is 60.3 Å².